The molecule has 1 aromatic carbocycles. The van der Waals surface area contributed by atoms with Crippen LogP contribution in [0.3, 0.4) is 0 Å². The molecule has 1 aliphatic heterocycles. The van der Waals surface area contributed by atoms with Crippen LogP contribution in [0.5, 0.6) is 0 Å². The second-order valence-electron chi connectivity index (χ2n) is 7.14. The third-order valence-corrected chi connectivity index (χ3v) is 8.67. The molecular formula is C20H22FN3O3S2. The van der Waals surface area contributed by atoms with Crippen LogP contribution in [-0.4, -0.2) is 36.0 Å². The van der Waals surface area contributed by atoms with E-state index < -0.39 is 15.8 Å². The highest BCUT2D eigenvalue weighted by atomic mass is 32.2. The fourth-order valence-electron chi connectivity index (χ4n) is 3.56. The Kier molecular flexibility index (Phi) is 5.80. The van der Waals surface area contributed by atoms with E-state index in [0.717, 1.165) is 24.1 Å². The number of halogens is 1. The van der Waals surface area contributed by atoms with Gasteiger partial charge >= 0.3 is 0 Å². The minimum Gasteiger partial charge on any atom is -0.339 e. The summed E-state index contributed by atoms with van der Waals surface area (Å²) in [5.74, 6) is 0.288. The summed E-state index contributed by atoms with van der Waals surface area (Å²) in [6, 6.07) is 9.85. The zero-order valence-electron chi connectivity index (χ0n) is 16.0. The van der Waals surface area contributed by atoms with Gasteiger partial charge in [-0.2, -0.15) is 9.29 Å². The molecule has 0 aliphatic carbocycles. The fourth-order valence-corrected chi connectivity index (χ4v) is 6.57. The molecule has 0 radical (unpaired) electrons. The summed E-state index contributed by atoms with van der Waals surface area (Å²) in [4.78, 5) is 5.37. The topological polar surface area (TPSA) is 76.3 Å². The Bertz CT molecular complexity index is 1090. The molecule has 3 aromatic rings. The monoisotopic (exact) mass is 435 g/mol. The van der Waals surface area contributed by atoms with Gasteiger partial charge in [-0.15, -0.1) is 11.3 Å². The summed E-state index contributed by atoms with van der Waals surface area (Å²) in [5.41, 5.74) is 0.291. The van der Waals surface area contributed by atoms with Crippen molar-refractivity contribution in [2.24, 2.45) is 5.92 Å². The van der Waals surface area contributed by atoms with Gasteiger partial charge in [0.2, 0.25) is 11.7 Å². The van der Waals surface area contributed by atoms with E-state index in [0.29, 0.717) is 35.2 Å². The molecular weight excluding hydrogens is 413 g/mol. The molecule has 1 saturated heterocycles. The van der Waals surface area contributed by atoms with Crippen molar-refractivity contribution in [1.29, 1.82) is 0 Å². The molecule has 1 fully saturated rings. The van der Waals surface area contributed by atoms with Crippen molar-refractivity contribution in [2.45, 2.75) is 36.8 Å². The molecule has 9 heteroatoms. The third kappa shape index (κ3) is 4.26. The van der Waals surface area contributed by atoms with E-state index in [1.165, 1.54) is 17.4 Å². The lowest BCUT2D eigenvalue weighted by molar-refractivity contribution is 0.247. The van der Waals surface area contributed by atoms with E-state index >= 15 is 0 Å². The zero-order chi connectivity index (χ0) is 20.4. The first-order valence-electron chi connectivity index (χ1n) is 9.63. The van der Waals surface area contributed by atoms with Gasteiger partial charge in [-0.1, -0.05) is 24.2 Å². The second kappa shape index (κ2) is 8.33. The summed E-state index contributed by atoms with van der Waals surface area (Å²) in [6.07, 6.45) is 2.96. The molecule has 154 valence electrons. The maximum Gasteiger partial charge on any atom is 0.252 e. The van der Waals surface area contributed by atoms with Crippen LogP contribution in [0.15, 0.2) is 45.1 Å². The van der Waals surface area contributed by atoms with Gasteiger partial charge in [-0.05, 0) is 49.4 Å². The molecule has 0 amide bonds. The quantitative estimate of drug-likeness (QED) is 0.582. The number of sulfonamides is 1. The highest BCUT2D eigenvalue weighted by molar-refractivity contribution is 7.91. The van der Waals surface area contributed by atoms with Crippen LogP contribution in [-0.2, 0) is 22.9 Å². The van der Waals surface area contributed by atoms with E-state index in [-0.39, 0.29) is 11.7 Å². The Hall–Kier alpha value is -2.10. The van der Waals surface area contributed by atoms with Gasteiger partial charge in [-0.25, -0.2) is 12.8 Å². The van der Waals surface area contributed by atoms with Crippen molar-refractivity contribution in [3.63, 3.8) is 0 Å². The first kappa shape index (κ1) is 20.2. The molecule has 3 heterocycles. The van der Waals surface area contributed by atoms with Gasteiger partial charge < -0.3 is 4.52 Å². The summed E-state index contributed by atoms with van der Waals surface area (Å²) in [7, 11) is -3.48. The lowest BCUT2D eigenvalue weighted by Gasteiger charge is -2.30. The number of rotatable bonds is 6. The number of aryl methyl sites for hydroxylation is 1. The predicted octanol–water partition coefficient (Wildman–Crippen LogP) is 4.14. The highest BCUT2D eigenvalue weighted by Gasteiger charge is 2.32. The number of piperidine rings is 1. The molecule has 0 N–H and O–H groups in total. The molecule has 0 bridgehead atoms. The van der Waals surface area contributed by atoms with Crippen molar-refractivity contribution < 1.29 is 17.3 Å². The number of aromatic nitrogens is 2. The van der Waals surface area contributed by atoms with Gasteiger partial charge in [0.15, 0.2) is 0 Å². The van der Waals surface area contributed by atoms with Gasteiger partial charge in [0.25, 0.3) is 10.0 Å². The number of hydrogen-bond donors (Lipinski definition) is 0. The molecule has 1 aliphatic rings. The summed E-state index contributed by atoms with van der Waals surface area (Å²) < 4.78 is 47.1. The van der Waals surface area contributed by atoms with Crippen LogP contribution in [0.1, 0.15) is 30.5 Å². The van der Waals surface area contributed by atoms with Crippen molar-refractivity contribution in [3.05, 3.63) is 53.0 Å². The van der Waals surface area contributed by atoms with E-state index in [9.17, 15) is 12.8 Å². The van der Waals surface area contributed by atoms with Crippen LogP contribution in [0, 0.1) is 11.7 Å². The van der Waals surface area contributed by atoms with E-state index in [4.69, 9.17) is 4.52 Å². The van der Waals surface area contributed by atoms with Crippen LogP contribution in [0.25, 0.3) is 11.4 Å². The van der Waals surface area contributed by atoms with Crippen LogP contribution in [0.4, 0.5) is 4.39 Å². The lowest BCUT2D eigenvalue weighted by atomic mass is 9.96. The maximum atomic E-state index is 13.9. The lowest BCUT2D eigenvalue weighted by Crippen LogP contribution is -2.40. The number of nitrogens with zero attached hydrogens (tertiary/aromatic N) is 3. The fraction of sp³-hybridized carbons (Fsp3) is 0.400. The number of hydrogen-bond acceptors (Lipinski definition) is 6. The number of thiophene rings is 1. The maximum absolute atomic E-state index is 13.9. The predicted molar refractivity (Wildman–Crippen MR) is 109 cm³/mol. The Morgan fingerprint density at radius 2 is 2.10 bits per heavy atom. The Morgan fingerprint density at radius 3 is 2.86 bits per heavy atom. The molecule has 0 saturated carbocycles. The van der Waals surface area contributed by atoms with E-state index in [1.54, 1.807) is 28.6 Å². The van der Waals surface area contributed by atoms with Gasteiger partial charge in [0, 0.05) is 24.4 Å². The average molecular weight is 436 g/mol. The smallest absolute Gasteiger partial charge is 0.252 e. The standard InChI is InChI=1S/C20H22FN3O3S2/c1-2-15-9-10-19(28-15)29(25,26)24-11-5-6-14(13-24)12-18-22-20(23-27-18)16-7-3-4-8-17(16)21/h3-4,7-10,14H,2,5-6,11-13H2,1H3/t14-/m0/s1. The molecule has 0 unspecified atom stereocenters. The average Bonchev–Trinajstić information content (AvgIpc) is 3.38. The van der Waals surface area contributed by atoms with E-state index in [2.05, 4.69) is 10.1 Å². The van der Waals surface area contributed by atoms with E-state index in [1.807, 2.05) is 13.0 Å². The third-order valence-electron chi connectivity index (χ3n) is 5.11. The van der Waals surface area contributed by atoms with Crippen LogP contribution in [0.2, 0.25) is 0 Å². The summed E-state index contributed by atoms with van der Waals surface area (Å²) in [6.45, 7) is 2.95. The second-order valence-corrected chi connectivity index (χ2v) is 10.5. The number of benzene rings is 1. The SMILES string of the molecule is CCc1ccc(S(=O)(=O)N2CCC[C@@H](Cc3nc(-c4ccccc4F)no3)C2)s1. The normalized spacial score (nSPS) is 18.2. The summed E-state index contributed by atoms with van der Waals surface area (Å²) in [5, 5.41) is 3.88. The van der Waals surface area contributed by atoms with Gasteiger partial charge in [-0.3, -0.25) is 0 Å². The van der Waals surface area contributed by atoms with Crippen LogP contribution < -0.4 is 0 Å². The van der Waals surface area contributed by atoms with Crippen molar-refractivity contribution in [3.8, 4) is 11.4 Å². The Labute approximate surface area is 173 Å². The molecule has 6 nitrogen and oxygen atoms in total. The molecule has 29 heavy (non-hydrogen) atoms. The van der Waals surface area contributed by atoms with Crippen molar-refractivity contribution in [2.75, 3.05) is 13.1 Å². The van der Waals surface area contributed by atoms with Gasteiger partial charge in [0.05, 0.1) is 5.56 Å². The molecule has 0 spiro atoms. The van der Waals surface area contributed by atoms with Gasteiger partial charge in [0.1, 0.15) is 10.0 Å². The zero-order valence-corrected chi connectivity index (χ0v) is 17.7. The minimum absolute atomic E-state index is 0.0815. The van der Waals surface area contributed by atoms with Crippen molar-refractivity contribution in [1.82, 2.24) is 14.4 Å². The highest BCUT2D eigenvalue weighted by Crippen LogP contribution is 2.30. The van der Waals surface area contributed by atoms with Crippen LogP contribution >= 0.6 is 11.3 Å². The molecule has 4 rings (SSSR count). The Morgan fingerprint density at radius 1 is 1.28 bits per heavy atom. The Balaban J connectivity index is 1.46. The van der Waals surface area contributed by atoms with Crippen molar-refractivity contribution >= 4 is 21.4 Å². The molecule has 1 atom stereocenters. The first-order chi connectivity index (χ1) is 14.0. The minimum atomic E-state index is -3.48. The summed E-state index contributed by atoms with van der Waals surface area (Å²) >= 11 is 1.33. The first-order valence-corrected chi connectivity index (χ1v) is 11.9. The molecule has 2 aromatic heterocycles. The largest absolute Gasteiger partial charge is 0.339 e.